The summed E-state index contributed by atoms with van der Waals surface area (Å²) in [5.41, 5.74) is 1.08. The predicted octanol–water partition coefficient (Wildman–Crippen LogP) is 3.02. The van der Waals surface area contributed by atoms with Gasteiger partial charge in [-0.2, -0.15) is 0 Å². The van der Waals surface area contributed by atoms with Crippen LogP contribution in [0.25, 0.3) is 0 Å². The molecule has 1 aromatic carbocycles. The molecule has 4 nitrogen and oxygen atoms in total. The minimum absolute atomic E-state index is 0.0404. The van der Waals surface area contributed by atoms with E-state index in [2.05, 4.69) is 5.32 Å². The second-order valence-corrected chi connectivity index (χ2v) is 6.76. The average molecular weight is 314 g/mol. The van der Waals surface area contributed by atoms with Crippen LogP contribution in [-0.4, -0.2) is 28.8 Å². The van der Waals surface area contributed by atoms with Gasteiger partial charge in [0.1, 0.15) is 6.04 Å². The zero-order valence-electron chi connectivity index (χ0n) is 13.7. The lowest BCUT2D eigenvalue weighted by Gasteiger charge is -2.26. The van der Waals surface area contributed by atoms with Gasteiger partial charge in [0.15, 0.2) is 0 Å². The fourth-order valence-corrected chi connectivity index (χ4v) is 3.71. The minimum atomic E-state index is -0.300. The predicted molar refractivity (Wildman–Crippen MR) is 89.6 cm³/mol. The monoisotopic (exact) mass is 314 g/mol. The summed E-state index contributed by atoms with van der Waals surface area (Å²) in [6.07, 6.45) is 8.21. The third kappa shape index (κ3) is 4.12. The number of carbonyl (C=O) groups excluding carboxylic acids is 2. The molecule has 23 heavy (non-hydrogen) atoms. The Kier molecular flexibility index (Phi) is 5.31. The Labute approximate surface area is 138 Å². The van der Waals surface area contributed by atoms with E-state index in [-0.39, 0.29) is 17.9 Å². The molecular formula is C19H26N2O2. The maximum Gasteiger partial charge on any atom is 0.243 e. The van der Waals surface area contributed by atoms with E-state index >= 15 is 0 Å². The summed E-state index contributed by atoms with van der Waals surface area (Å²) in [5, 5.41) is 3.20. The van der Waals surface area contributed by atoms with Crippen molar-refractivity contribution in [3.05, 3.63) is 35.9 Å². The van der Waals surface area contributed by atoms with E-state index in [0.717, 1.165) is 18.4 Å². The molecule has 1 saturated heterocycles. The van der Waals surface area contributed by atoms with Crippen molar-refractivity contribution in [3.63, 3.8) is 0 Å². The van der Waals surface area contributed by atoms with Crippen LogP contribution in [0, 0.1) is 0 Å². The van der Waals surface area contributed by atoms with E-state index in [1.54, 1.807) is 4.90 Å². The summed E-state index contributed by atoms with van der Waals surface area (Å²) in [7, 11) is 0. The van der Waals surface area contributed by atoms with Gasteiger partial charge in [0.2, 0.25) is 11.8 Å². The summed E-state index contributed by atoms with van der Waals surface area (Å²) in [6.45, 7) is 0.530. The van der Waals surface area contributed by atoms with E-state index in [1.165, 1.54) is 25.7 Å². The molecule has 2 aliphatic rings. The first-order chi connectivity index (χ1) is 11.2. The highest BCUT2D eigenvalue weighted by molar-refractivity contribution is 5.91. The number of rotatable bonds is 4. The summed E-state index contributed by atoms with van der Waals surface area (Å²) >= 11 is 0. The van der Waals surface area contributed by atoms with E-state index in [9.17, 15) is 9.59 Å². The molecule has 1 atom stereocenters. The molecule has 1 unspecified atom stereocenters. The van der Waals surface area contributed by atoms with E-state index in [4.69, 9.17) is 0 Å². The summed E-state index contributed by atoms with van der Waals surface area (Å²) in [6, 6.07) is 9.90. The van der Waals surface area contributed by atoms with Crippen LogP contribution in [0.3, 0.4) is 0 Å². The number of nitrogens with one attached hydrogen (secondary N) is 1. The van der Waals surface area contributed by atoms with Gasteiger partial charge in [-0.05, 0) is 24.8 Å². The normalized spacial score (nSPS) is 22.9. The number of benzene rings is 1. The van der Waals surface area contributed by atoms with E-state index in [1.807, 2.05) is 30.3 Å². The van der Waals surface area contributed by atoms with Crippen LogP contribution in [0.15, 0.2) is 30.3 Å². The van der Waals surface area contributed by atoms with Crippen molar-refractivity contribution in [2.45, 2.75) is 70.0 Å². The summed E-state index contributed by atoms with van der Waals surface area (Å²) in [5.74, 6) is 0.133. The largest absolute Gasteiger partial charge is 0.352 e. The van der Waals surface area contributed by atoms with Crippen LogP contribution in [-0.2, 0) is 16.1 Å². The first-order valence-corrected chi connectivity index (χ1v) is 8.88. The van der Waals surface area contributed by atoms with Gasteiger partial charge in [-0.3, -0.25) is 9.59 Å². The summed E-state index contributed by atoms with van der Waals surface area (Å²) in [4.78, 5) is 26.6. The highest BCUT2D eigenvalue weighted by Gasteiger charge is 2.36. The van der Waals surface area contributed by atoms with Crippen molar-refractivity contribution in [2.75, 3.05) is 0 Å². The first-order valence-electron chi connectivity index (χ1n) is 8.88. The third-order valence-corrected chi connectivity index (χ3v) is 5.03. The lowest BCUT2D eigenvalue weighted by molar-refractivity contribution is -0.136. The Morgan fingerprint density at radius 1 is 1.04 bits per heavy atom. The fraction of sp³-hybridized carbons (Fsp3) is 0.579. The van der Waals surface area contributed by atoms with Crippen LogP contribution in [0.2, 0.25) is 0 Å². The number of carbonyl (C=O) groups is 2. The molecule has 1 aromatic rings. The molecule has 1 N–H and O–H groups in total. The second kappa shape index (κ2) is 7.62. The van der Waals surface area contributed by atoms with Crippen LogP contribution in [0.1, 0.15) is 56.9 Å². The van der Waals surface area contributed by atoms with Gasteiger partial charge in [0.25, 0.3) is 0 Å². The summed E-state index contributed by atoms with van der Waals surface area (Å²) < 4.78 is 0. The Bertz CT molecular complexity index is 536. The smallest absolute Gasteiger partial charge is 0.243 e. The van der Waals surface area contributed by atoms with Gasteiger partial charge in [0, 0.05) is 19.0 Å². The van der Waals surface area contributed by atoms with Crippen LogP contribution >= 0.6 is 0 Å². The molecular weight excluding hydrogens is 288 g/mol. The Morgan fingerprint density at radius 2 is 1.74 bits per heavy atom. The van der Waals surface area contributed by atoms with Gasteiger partial charge in [-0.25, -0.2) is 0 Å². The van der Waals surface area contributed by atoms with Gasteiger partial charge >= 0.3 is 0 Å². The van der Waals surface area contributed by atoms with Crippen molar-refractivity contribution in [3.8, 4) is 0 Å². The first kappa shape index (κ1) is 16.0. The van der Waals surface area contributed by atoms with E-state index in [0.29, 0.717) is 25.4 Å². The van der Waals surface area contributed by atoms with Gasteiger partial charge in [0.05, 0.1) is 0 Å². The van der Waals surface area contributed by atoms with Crippen LogP contribution in [0.5, 0.6) is 0 Å². The van der Waals surface area contributed by atoms with E-state index < -0.39 is 0 Å². The number of likely N-dealkylation sites (tertiary alicyclic amines) is 1. The van der Waals surface area contributed by atoms with Gasteiger partial charge < -0.3 is 10.2 Å². The highest BCUT2D eigenvalue weighted by atomic mass is 16.2. The zero-order chi connectivity index (χ0) is 16.1. The molecule has 3 rings (SSSR count). The Balaban J connectivity index is 1.62. The van der Waals surface area contributed by atoms with Crippen molar-refractivity contribution in [1.82, 2.24) is 10.2 Å². The molecule has 1 heterocycles. The Hall–Kier alpha value is -1.84. The zero-order valence-corrected chi connectivity index (χ0v) is 13.7. The number of amides is 2. The molecule has 0 bridgehead atoms. The maximum atomic E-state index is 12.7. The molecule has 4 heteroatoms. The quantitative estimate of drug-likeness (QED) is 0.869. The lowest BCUT2D eigenvalue weighted by atomic mass is 10.1. The van der Waals surface area contributed by atoms with Gasteiger partial charge in [-0.1, -0.05) is 56.0 Å². The third-order valence-electron chi connectivity index (χ3n) is 5.03. The number of hydrogen-bond acceptors (Lipinski definition) is 2. The molecule has 0 radical (unpaired) electrons. The molecule has 124 valence electrons. The molecule has 2 amide bonds. The molecule has 2 fully saturated rings. The van der Waals surface area contributed by atoms with Crippen molar-refractivity contribution >= 4 is 11.8 Å². The average Bonchev–Trinajstić information content (AvgIpc) is 2.76. The topological polar surface area (TPSA) is 49.4 Å². The number of hydrogen-bond donors (Lipinski definition) is 1. The lowest BCUT2D eigenvalue weighted by Crippen LogP contribution is -2.47. The molecule has 1 saturated carbocycles. The van der Waals surface area contributed by atoms with Crippen molar-refractivity contribution < 1.29 is 9.59 Å². The van der Waals surface area contributed by atoms with Crippen LogP contribution < -0.4 is 5.32 Å². The van der Waals surface area contributed by atoms with Crippen molar-refractivity contribution in [2.24, 2.45) is 0 Å². The SMILES string of the molecule is O=C(NC1CCCCCC1)C1CCC(=O)N1Cc1ccccc1. The Morgan fingerprint density at radius 3 is 2.43 bits per heavy atom. The number of nitrogens with zero attached hydrogens (tertiary/aromatic N) is 1. The second-order valence-electron chi connectivity index (χ2n) is 6.76. The maximum absolute atomic E-state index is 12.7. The molecule has 0 spiro atoms. The molecule has 0 aromatic heterocycles. The van der Waals surface area contributed by atoms with Gasteiger partial charge in [-0.15, -0.1) is 0 Å². The minimum Gasteiger partial charge on any atom is -0.352 e. The fourth-order valence-electron chi connectivity index (χ4n) is 3.71. The molecule has 1 aliphatic carbocycles. The highest BCUT2D eigenvalue weighted by Crippen LogP contribution is 2.23. The standard InChI is InChI=1S/C19H26N2O2/c22-18-13-12-17(21(18)14-15-8-4-3-5-9-15)19(23)20-16-10-6-1-2-7-11-16/h3-5,8-9,16-17H,1-2,6-7,10-14H2,(H,20,23). The van der Waals surface area contributed by atoms with Crippen molar-refractivity contribution in [1.29, 1.82) is 0 Å². The van der Waals surface area contributed by atoms with Crippen LogP contribution in [0.4, 0.5) is 0 Å². The molecule has 1 aliphatic heterocycles.